The quantitative estimate of drug-likeness (QED) is 0.155. The minimum Gasteiger partial charge on any atom is -0.479 e. The zero-order valence-electron chi connectivity index (χ0n) is 31.1. The molecule has 0 aromatic heterocycles. The number of ketones is 1. The van der Waals surface area contributed by atoms with Gasteiger partial charge in [0.1, 0.15) is 12.1 Å². The summed E-state index contributed by atoms with van der Waals surface area (Å²) in [4.78, 5) is 94.8. The second-order valence-corrected chi connectivity index (χ2v) is 18.3. The van der Waals surface area contributed by atoms with Gasteiger partial charge in [-0.05, 0) is 67.4 Å². The number of Topliss-reactive ketones (excluding diaryl/α,β-unsaturated/α-hetero) is 1. The molecule has 1 aromatic carbocycles. The Morgan fingerprint density at radius 3 is 2.17 bits per heavy atom. The normalized spacial score (nSPS) is 21.8. The molecule has 2 saturated carbocycles. The Hall–Kier alpha value is -3.59. The van der Waals surface area contributed by atoms with Gasteiger partial charge in [-0.2, -0.15) is 0 Å². The number of hydrogen-bond donors (Lipinski definition) is 5. The van der Waals surface area contributed by atoms with Crippen molar-refractivity contribution in [1.29, 1.82) is 0 Å². The summed E-state index contributed by atoms with van der Waals surface area (Å²) >= 11 is 3.50. The molecular weight excluding hydrogens is 731 g/mol. The second kappa shape index (κ2) is 19.8. The molecule has 5 rings (SSSR count). The number of benzene rings is 1. The van der Waals surface area contributed by atoms with Crippen LogP contribution in [-0.2, 0) is 33.6 Å². The van der Waals surface area contributed by atoms with E-state index < -0.39 is 64.3 Å². The van der Waals surface area contributed by atoms with Crippen LogP contribution in [0.3, 0.4) is 0 Å². The van der Waals surface area contributed by atoms with Gasteiger partial charge in [0.25, 0.3) is 5.91 Å². The molecule has 2 aliphatic carbocycles. The van der Waals surface area contributed by atoms with Crippen LogP contribution >= 0.6 is 23.5 Å². The fourth-order valence-corrected chi connectivity index (χ4v) is 11.6. The minimum atomic E-state index is -1.35. The number of carboxylic acid groups (broad SMARTS) is 1. The summed E-state index contributed by atoms with van der Waals surface area (Å²) in [6, 6.07) is 3.89. The van der Waals surface area contributed by atoms with Crippen LogP contribution in [0.25, 0.3) is 0 Å². The summed E-state index contributed by atoms with van der Waals surface area (Å²) in [6.07, 6.45) is 11.3. The number of carbonyl (C=O) groups excluding carboxylic acids is 6. The van der Waals surface area contributed by atoms with Crippen LogP contribution in [0.5, 0.6) is 0 Å². The first-order valence-electron chi connectivity index (χ1n) is 19.6. The number of rotatable bonds is 16. The third-order valence-electron chi connectivity index (χ3n) is 11.1. The highest BCUT2D eigenvalue weighted by Crippen LogP contribution is 2.50. The Bertz CT molecular complexity index is 1510. The van der Waals surface area contributed by atoms with Crippen molar-refractivity contribution in [3.8, 4) is 0 Å². The van der Waals surface area contributed by atoms with Gasteiger partial charge < -0.3 is 31.3 Å². The second-order valence-electron chi connectivity index (χ2n) is 15.1. The third-order valence-corrected chi connectivity index (χ3v) is 14.4. The van der Waals surface area contributed by atoms with E-state index in [0.29, 0.717) is 37.3 Å². The molecule has 0 bridgehead atoms. The van der Waals surface area contributed by atoms with Crippen LogP contribution in [0.15, 0.2) is 30.3 Å². The lowest BCUT2D eigenvalue weighted by Crippen LogP contribution is -2.58. The zero-order chi connectivity index (χ0) is 38.7. The lowest BCUT2D eigenvalue weighted by molar-refractivity contribution is -0.144. The van der Waals surface area contributed by atoms with Crippen molar-refractivity contribution >= 4 is 64.8 Å². The van der Waals surface area contributed by atoms with Gasteiger partial charge in [-0.3, -0.25) is 28.8 Å². The maximum atomic E-state index is 14.7. The van der Waals surface area contributed by atoms with E-state index in [9.17, 15) is 38.7 Å². The molecule has 2 aliphatic heterocycles. The maximum absolute atomic E-state index is 14.7. The van der Waals surface area contributed by atoms with Gasteiger partial charge in [-0.25, -0.2) is 4.79 Å². The Morgan fingerprint density at radius 1 is 0.852 bits per heavy atom. The molecule has 0 radical (unpaired) electrons. The third kappa shape index (κ3) is 11.0. The van der Waals surface area contributed by atoms with Crippen molar-refractivity contribution in [2.24, 2.45) is 11.8 Å². The van der Waals surface area contributed by atoms with E-state index in [4.69, 9.17) is 0 Å². The van der Waals surface area contributed by atoms with Crippen LogP contribution in [0.2, 0.25) is 0 Å². The van der Waals surface area contributed by atoms with Crippen molar-refractivity contribution in [3.63, 3.8) is 0 Å². The Balaban J connectivity index is 1.27. The lowest BCUT2D eigenvalue weighted by Gasteiger charge is -2.36. The highest BCUT2D eigenvalue weighted by Gasteiger charge is 2.52. The van der Waals surface area contributed by atoms with Crippen LogP contribution in [0, 0.1) is 11.8 Å². The summed E-state index contributed by atoms with van der Waals surface area (Å²) < 4.78 is -0.399. The number of likely N-dealkylation sites (tertiary alicyclic amines) is 1. The fourth-order valence-electron chi connectivity index (χ4n) is 8.24. The monoisotopic (exact) mass is 785 g/mol. The first-order chi connectivity index (χ1) is 26.0. The summed E-state index contributed by atoms with van der Waals surface area (Å²) in [6.45, 7) is 1.50. The number of hydrogen-bond acceptors (Lipinski definition) is 9. The molecule has 2 saturated heterocycles. The molecule has 13 nitrogen and oxygen atoms in total. The number of nitrogens with zero attached hydrogens (tertiary/aromatic N) is 1. The van der Waals surface area contributed by atoms with Crippen LogP contribution < -0.4 is 21.3 Å². The molecule has 54 heavy (non-hydrogen) atoms. The van der Waals surface area contributed by atoms with Gasteiger partial charge in [0.15, 0.2) is 6.04 Å². The van der Waals surface area contributed by atoms with E-state index in [-0.39, 0.29) is 24.2 Å². The first-order valence-corrected chi connectivity index (χ1v) is 21.5. The molecule has 296 valence electrons. The Kier molecular flexibility index (Phi) is 15.3. The van der Waals surface area contributed by atoms with E-state index in [1.807, 2.05) is 6.92 Å². The van der Waals surface area contributed by atoms with E-state index >= 15 is 0 Å². The summed E-state index contributed by atoms with van der Waals surface area (Å²) in [7, 11) is 0. The predicted octanol–water partition coefficient (Wildman–Crippen LogP) is 3.71. The van der Waals surface area contributed by atoms with Crippen molar-refractivity contribution in [2.45, 2.75) is 125 Å². The molecule has 5 amide bonds. The summed E-state index contributed by atoms with van der Waals surface area (Å²) in [5.41, 5.74) is 0.342. The number of aliphatic carboxylic acids is 1. The number of amides is 5. The first kappa shape index (κ1) is 41.6. The molecule has 4 aliphatic rings. The van der Waals surface area contributed by atoms with Gasteiger partial charge in [0.2, 0.25) is 29.4 Å². The molecular formula is C39H55N5O8S2. The molecule has 2 unspecified atom stereocenters. The molecule has 1 spiro atoms. The highest BCUT2D eigenvalue weighted by molar-refractivity contribution is 8.18. The SMILES string of the molecule is CCCC(NC(=O)[C@@H]1CC2(CN1C(=O)[C@@H](NC(=O)CC1CCCC1)C1CCCCC1)SCCCS2)C(=O)C(=O)NCC(=O)NC(C(=O)O)c1ccccc1. The summed E-state index contributed by atoms with van der Waals surface area (Å²) in [5, 5.41) is 20.2. The maximum Gasteiger partial charge on any atom is 0.330 e. The Morgan fingerprint density at radius 2 is 1.52 bits per heavy atom. The van der Waals surface area contributed by atoms with Crippen LogP contribution in [-0.4, -0.2) is 98.1 Å². The van der Waals surface area contributed by atoms with E-state index in [0.717, 1.165) is 75.7 Å². The van der Waals surface area contributed by atoms with Gasteiger partial charge in [-0.1, -0.05) is 75.8 Å². The minimum absolute atomic E-state index is 0.0283. The average Bonchev–Trinajstić information content (AvgIpc) is 3.83. The predicted molar refractivity (Wildman–Crippen MR) is 207 cm³/mol. The van der Waals surface area contributed by atoms with Gasteiger partial charge in [0.05, 0.1) is 16.7 Å². The van der Waals surface area contributed by atoms with Crippen molar-refractivity contribution in [3.05, 3.63) is 35.9 Å². The number of carbonyl (C=O) groups is 7. The molecule has 4 fully saturated rings. The number of nitrogens with one attached hydrogen (secondary N) is 4. The topological polar surface area (TPSA) is 191 Å². The molecule has 2 heterocycles. The van der Waals surface area contributed by atoms with Gasteiger partial charge in [-0.15, -0.1) is 23.5 Å². The van der Waals surface area contributed by atoms with Crippen molar-refractivity contribution in [1.82, 2.24) is 26.2 Å². The Labute approximate surface area is 326 Å². The largest absolute Gasteiger partial charge is 0.479 e. The summed E-state index contributed by atoms with van der Waals surface area (Å²) in [5.74, 6) is -2.94. The molecule has 4 atom stereocenters. The van der Waals surface area contributed by atoms with Crippen molar-refractivity contribution in [2.75, 3.05) is 24.6 Å². The molecule has 1 aromatic rings. The number of carboxylic acids is 1. The van der Waals surface area contributed by atoms with Gasteiger partial charge >= 0.3 is 5.97 Å². The lowest BCUT2D eigenvalue weighted by atomic mass is 9.83. The smallest absolute Gasteiger partial charge is 0.330 e. The number of thioether (sulfide) groups is 2. The highest BCUT2D eigenvalue weighted by atomic mass is 32.2. The van der Waals surface area contributed by atoms with Crippen LogP contribution in [0.1, 0.15) is 108 Å². The van der Waals surface area contributed by atoms with E-state index in [1.54, 1.807) is 58.8 Å². The van der Waals surface area contributed by atoms with E-state index in [1.165, 1.54) is 0 Å². The fraction of sp³-hybridized carbons (Fsp3) is 0.667. The standard InChI is InChI=1S/C39H55N5O8S2/c1-2-12-28(34(47)36(49)40-23-31(46)43-33(38(51)52)27-17-7-4-8-18-27)41-35(48)29-22-39(53-19-11-20-54-39)24-44(29)37(50)32(26-15-5-3-6-16-26)42-30(45)21-25-13-9-10-14-25/h4,7-8,17-18,25-26,28-29,32-33H,2-3,5-6,9-16,19-24H2,1H3,(H,40,49)(H,41,48)(H,42,45)(H,43,46)(H,51,52)/t28?,29-,32-,33?/m0/s1. The molecule has 15 heteroatoms. The van der Waals surface area contributed by atoms with Gasteiger partial charge in [0, 0.05) is 19.4 Å². The average molecular weight is 786 g/mol. The molecule has 5 N–H and O–H groups in total. The van der Waals surface area contributed by atoms with E-state index in [2.05, 4.69) is 21.3 Å². The van der Waals surface area contributed by atoms with Crippen molar-refractivity contribution < 1.29 is 38.7 Å². The zero-order valence-corrected chi connectivity index (χ0v) is 32.8. The van der Waals surface area contributed by atoms with Crippen LogP contribution in [0.4, 0.5) is 0 Å².